The lowest BCUT2D eigenvalue weighted by Crippen LogP contribution is -2.52. The topological polar surface area (TPSA) is 102 Å². The molecule has 9 heteroatoms. The molecule has 2 N–H and O–H groups in total. The van der Waals surface area contributed by atoms with Crippen LogP contribution in [0.25, 0.3) is 11.1 Å². The van der Waals surface area contributed by atoms with Crippen molar-refractivity contribution >= 4 is 28.9 Å². The monoisotopic (exact) mass is 752 g/mol. The third-order valence-electron chi connectivity index (χ3n) is 12.4. The number of imide groups is 1. The molecule has 0 aliphatic carbocycles. The van der Waals surface area contributed by atoms with Crippen molar-refractivity contribution in [1.82, 2.24) is 20.0 Å². The van der Waals surface area contributed by atoms with Crippen LogP contribution in [0.5, 0.6) is 11.5 Å². The van der Waals surface area contributed by atoms with Crippen LogP contribution in [0.15, 0.2) is 97.1 Å². The largest absolute Gasteiger partial charge is 0.508 e. The van der Waals surface area contributed by atoms with Gasteiger partial charge in [0.1, 0.15) is 24.1 Å². The maximum Gasteiger partial charge on any atom is 0.255 e. The molecular formula is C47H52N4O5. The molecule has 290 valence electrons. The van der Waals surface area contributed by atoms with Gasteiger partial charge in [-0.3, -0.25) is 24.6 Å². The normalized spacial score (nSPS) is 20.5. The number of nitrogens with one attached hydrogen (secondary N) is 1. The highest BCUT2D eigenvalue weighted by atomic mass is 16.5. The van der Waals surface area contributed by atoms with Gasteiger partial charge >= 0.3 is 0 Å². The molecular weight excluding hydrogens is 701 g/mol. The Morgan fingerprint density at radius 1 is 0.786 bits per heavy atom. The zero-order chi connectivity index (χ0) is 38.6. The van der Waals surface area contributed by atoms with E-state index in [0.29, 0.717) is 37.1 Å². The van der Waals surface area contributed by atoms with E-state index in [9.17, 15) is 19.5 Å². The van der Waals surface area contributed by atoms with Crippen molar-refractivity contribution in [2.45, 2.75) is 76.4 Å². The lowest BCUT2D eigenvalue weighted by molar-refractivity contribution is -0.136. The second-order valence-corrected chi connectivity index (χ2v) is 15.7. The molecule has 0 aromatic heterocycles. The number of nitrogens with zero attached hydrogens (tertiary/aromatic N) is 3. The molecule has 56 heavy (non-hydrogen) atoms. The molecule has 0 radical (unpaired) electrons. The van der Waals surface area contributed by atoms with Gasteiger partial charge in [-0.15, -0.1) is 0 Å². The number of allylic oxidation sites excluding steroid dienone is 1. The Balaban J connectivity index is 0.800. The highest BCUT2D eigenvalue weighted by Crippen LogP contribution is 2.37. The number of rotatable bonds is 11. The van der Waals surface area contributed by atoms with Crippen molar-refractivity contribution in [3.05, 3.63) is 130 Å². The summed E-state index contributed by atoms with van der Waals surface area (Å²) in [4.78, 5) is 44.1. The van der Waals surface area contributed by atoms with E-state index < -0.39 is 6.04 Å². The first-order chi connectivity index (χ1) is 27.3. The standard InChI is InChI=1S/C47H52N4O5/c1-2-41(33-6-4-3-5-7-33)45(34-8-13-39(52)14-9-34)35-10-15-40(16-11-35)56-29-28-49-24-22-38(23-25-49)50-26-20-32(21-27-50)36-12-17-42-37(30-36)31-51(47(42)55)43-18-19-44(53)48-46(43)54/h3-17,30,32,38,43,52H,2,18-29,31H2,1H3,(H,48,53,54)/b45-41-. The zero-order valence-corrected chi connectivity index (χ0v) is 32.3. The van der Waals surface area contributed by atoms with Crippen LogP contribution in [-0.2, 0) is 16.1 Å². The number of hydrogen-bond donors (Lipinski definition) is 2. The molecule has 1 atom stereocenters. The number of phenols is 1. The predicted molar refractivity (Wildman–Crippen MR) is 218 cm³/mol. The SMILES string of the molecule is CC/C(=C(\c1ccc(O)cc1)c1ccc(OCCN2CCC(N3CCC(c4ccc5c(c4)CN(C4CCC(=O)NC4=O)C5=O)CC3)CC2)cc1)c1ccccc1. The van der Waals surface area contributed by atoms with E-state index >= 15 is 0 Å². The van der Waals surface area contributed by atoms with Crippen molar-refractivity contribution in [3.8, 4) is 11.5 Å². The number of benzene rings is 4. The zero-order valence-electron chi connectivity index (χ0n) is 32.3. The molecule has 1 unspecified atom stereocenters. The summed E-state index contributed by atoms with van der Waals surface area (Å²) in [5, 5.41) is 12.4. The Morgan fingerprint density at radius 2 is 1.48 bits per heavy atom. The fourth-order valence-electron chi connectivity index (χ4n) is 9.27. The number of phenolic OH excluding ortho intramolecular Hbond substituents is 1. The summed E-state index contributed by atoms with van der Waals surface area (Å²) in [6, 6.07) is 32.7. The second kappa shape index (κ2) is 16.9. The van der Waals surface area contributed by atoms with Gasteiger partial charge in [0.2, 0.25) is 11.8 Å². The van der Waals surface area contributed by atoms with Crippen molar-refractivity contribution in [3.63, 3.8) is 0 Å². The van der Waals surface area contributed by atoms with E-state index in [1.165, 1.54) is 35.1 Å². The minimum absolute atomic E-state index is 0.109. The summed E-state index contributed by atoms with van der Waals surface area (Å²) in [7, 11) is 0. The van der Waals surface area contributed by atoms with Crippen LogP contribution in [-0.4, -0.2) is 88.9 Å². The number of piperidine rings is 3. The Labute approximate surface area is 330 Å². The van der Waals surface area contributed by atoms with Crippen molar-refractivity contribution in [2.24, 2.45) is 0 Å². The summed E-state index contributed by atoms with van der Waals surface area (Å²) in [6.45, 7) is 8.51. The van der Waals surface area contributed by atoms with Gasteiger partial charge in [0, 0.05) is 31.1 Å². The minimum atomic E-state index is -0.578. The Hall–Kier alpha value is -5.25. The summed E-state index contributed by atoms with van der Waals surface area (Å²) < 4.78 is 6.26. The molecule has 4 aliphatic heterocycles. The predicted octanol–water partition coefficient (Wildman–Crippen LogP) is 7.25. The molecule has 4 aliphatic rings. The average Bonchev–Trinajstić information content (AvgIpc) is 3.56. The smallest absolute Gasteiger partial charge is 0.255 e. The quantitative estimate of drug-likeness (QED) is 0.123. The molecule has 4 aromatic carbocycles. The van der Waals surface area contributed by atoms with Crippen LogP contribution in [0.3, 0.4) is 0 Å². The molecule has 9 nitrogen and oxygen atoms in total. The molecule has 8 rings (SSSR count). The first kappa shape index (κ1) is 37.7. The minimum Gasteiger partial charge on any atom is -0.508 e. The third kappa shape index (κ3) is 8.15. The number of carbonyl (C=O) groups is 3. The van der Waals surface area contributed by atoms with E-state index in [1.54, 1.807) is 17.0 Å². The second-order valence-electron chi connectivity index (χ2n) is 15.7. The summed E-state index contributed by atoms with van der Waals surface area (Å²) in [5.41, 5.74) is 8.79. The molecule has 0 spiro atoms. The maximum atomic E-state index is 13.2. The van der Waals surface area contributed by atoms with Gasteiger partial charge in [0.25, 0.3) is 5.91 Å². The fourth-order valence-corrected chi connectivity index (χ4v) is 9.27. The van der Waals surface area contributed by atoms with E-state index in [0.717, 1.165) is 74.4 Å². The maximum absolute atomic E-state index is 13.2. The molecule has 3 amide bonds. The van der Waals surface area contributed by atoms with Crippen molar-refractivity contribution in [2.75, 3.05) is 39.3 Å². The number of carbonyl (C=O) groups excluding carboxylic acids is 3. The van der Waals surface area contributed by atoms with Crippen molar-refractivity contribution < 1.29 is 24.2 Å². The molecule has 3 saturated heterocycles. The van der Waals surface area contributed by atoms with Gasteiger partial charge in [-0.05, 0) is 140 Å². The molecule has 4 heterocycles. The average molecular weight is 753 g/mol. The summed E-state index contributed by atoms with van der Waals surface area (Å²) in [5.74, 6) is 0.861. The third-order valence-corrected chi connectivity index (χ3v) is 12.4. The first-order valence-electron chi connectivity index (χ1n) is 20.4. The van der Waals surface area contributed by atoms with Crippen LogP contribution in [0, 0.1) is 0 Å². The molecule has 3 fully saturated rings. The van der Waals surface area contributed by atoms with Crippen LogP contribution < -0.4 is 10.1 Å². The van der Waals surface area contributed by atoms with Gasteiger partial charge in [0.15, 0.2) is 0 Å². The van der Waals surface area contributed by atoms with Crippen molar-refractivity contribution in [1.29, 1.82) is 0 Å². The number of fused-ring (bicyclic) bond motifs is 1. The fraction of sp³-hybridized carbons (Fsp3) is 0.383. The number of likely N-dealkylation sites (tertiary alicyclic amines) is 2. The van der Waals surface area contributed by atoms with E-state index in [-0.39, 0.29) is 29.9 Å². The Kier molecular flexibility index (Phi) is 11.3. The van der Waals surface area contributed by atoms with Crippen LogP contribution in [0.1, 0.15) is 96.0 Å². The van der Waals surface area contributed by atoms with Gasteiger partial charge in [-0.1, -0.05) is 73.7 Å². The Bertz CT molecular complexity index is 2060. The van der Waals surface area contributed by atoms with Crippen LogP contribution >= 0.6 is 0 Å². The highest BCUT2D eigenvalue weighted by Gasteiger charge is 2.39. The number of aromatic hydroxyl groups is 1. The number of amides is 3. The van der Waals surface area contributed by atoms with Gasteiger partial charge in [0.05, 0.1) is 0 Å². The molecule has 4 aromatic rings. The Morgan fingerprint density at radius 3 is 2.16 bits per heavy atom. The molecule has 0 saturated carbocycles. The van der Waals surface area contributed by atoms with Gasteiger partial charge in [-0.25, -0.2) is 0 Å². The lowest BCUT2D eigenvalue weighted by Gasteiger charge is -2.42. The number of hydrogen-bond acceptors (Lipinski definition) is 7. The molecule has 0 bridgehead atoms. The van der Waals surface area contributed by atoms with Crippen LogP contribution in [0.2, 0.25) is 0 Å². The van der Waals surface area contributed by atoms with Gasteiger partial charge in [-0.2, -0.15) is 0 Å². The van der Waals surface area contributed by atoms with Gasteiger partial charge < -0.3 is 19.6 Å². The summed E-state index contributed by atoms with van der Waals surface area (Å²) in [6.07, 6.45) is 6.08. The first-order valence-corrected chi connectivity index (χ1v) is 20.4. The lowest BCUT2D eigenvalue weighted by atomic mass is 9.86. The van der Waals surface area contributed by atoms with Crippen LogP contribution in [0.4, 0.5) is 0 Å². The van der Waals surface area contributed by atoms with E-state index in [2.05, 4.69) is 82.7 Å². The van der Waals surface area contributed by atoms with E-state index in [4.69, 9.17) is 4.74 Å². The summed E-state index contributed by atoms with van der Waals surface area (Å²) >= 11 is 0. The highest BCUT2D eigenvalue weighted by molar-refractivity contribution is 6.05. The van der Waals surface area contributed by atoms with E-state index in [1.807, 2.05) is 24.3 Å². The number of ether oxygens (including phenoxy) is 1.